The van der Waals surface area contributed by atoms with E-state index in [4.69, 9.17) is 0 Å². The van der Waals surface area contributed by atoms with Crippen molar-refractivity contribution in [3.63, 3.8) is 0 Å². The van der Waals surface area contributed by atoms with Crippen LogP contribution in [0.25, 0.3) is 0 Å². The molecule has 0 atom stereocenters. The fourth-order valence-corrected chi connectivity index (χ4v) is 2.82. The molecule has 23 heavy (non-hydrogen) atoms. The quantitative estimate of drug-likeness (QED) is 0.727. The van der Waals surface area contributed by atoms with Gasteiger partial charge in [-0.05, 0) is 34.9 Å². The van der Waals surface area contributed by atoms with E-state index in [-0.39, 0.29) is 0 Å². The van der Waals surface area contributed by atoms with E-state index in [2.05, 4.69) is 21.6 Å². The second-order valence-electron chi connectivity index (χ2n) is 5.45. The normalized spacial score (nSPS) is 11.1. The predicted molar refractivity (Wildman–Crippen MR) is 86.4 cm³/mol. The van der Waals surface area contributed by atoms with Gasteiger partial charge in [0, 0.05) is 6.54 Å². The summed E-state index contributed by atoms with van der Waals surface area (Å²) in [6, 6.07) is 22.3. The molecule has 1 heterocycles. The van der Waals surface area contributed by atoms with Gasteiger partial charge in [-0.1, -0.05) is 60.7 Å². The van der Waals surface area contributed by atoms with Gasteiger partial charge in [0.2, 0.25) is 0 Å². The molecule has 0 aliphatic carbocycles. The Morgan fingerprint density at radius 3 is 2.00 bits per heavy atom. The van der Waals surface area contributed by atoms with Crippen LogP contribution in [0.3, 0.4) is 0 Å². The number of tetrazole rings is 1. The lowest BCUT2D eigenvalue weighted by Crippen LogP contribution is -2.28. The zero-order valence-electron chi connectivity index (χ0n) is 12.9. The molecular formula is C18H17N5. The first kappa shape index (κ1) is 14.9. The maximum absolute atomic E-state index is 10.1. The molecule has 1 aromatic heterocycles. The standard InChI is InChI=1S/C18H17N5/c1-15-20-21-22-23(15)13-12-18(14-19,16-8-4-2-5-9-16)17-10-6-3-7-11-17/h2-11H,12-13H2,1H3. The molecule has 0 unspecified atom stereocenters. The van der Waals surface area contributed by atoms with Gasteiger partial charge in [-0.2, -0.15) is 5.26 Å². The molecule has 0 bridgehead atoms. The van der Waals surface area contributed by atoms with E-state index in [1.54, 1.807) is 4.68 Å². The van der Waals surface area contributed by atoms with Crippen LogP contribution in [0.1, 0.15) is 23.4 Å². The minimum Gasteiger partial charge on any atom is -0.230 e. The third-order valence-corrected chi connectivity index (χ3v) is 4.13. The number of nitriles is 1. The average molecular weight is 303 g/mol. The molecule has 0 fully saturated rings. The Hall–Kier alpha value is -3.00. The number of benzene rings is 2. The third-order valence-electron chi connectivity index (χ3n) is 4.13. The minimum atomic E-state index is -0.721. The summed E-state index contributed by atoms with van der Waals surface area (Å²) in [6.45, 7) is 2.44. The third kappa shape index (κ3) is 2.84. The summed E-state index contributed by atoms with van der Waals surface area (Å²) >= 11 is 0. The van der Waals surface area contributed by atoms with Crippen LogP contribution in [0.2, 0.25) is 0 Å². The zero-order valence-corrected chi connectivity index (χ0v) is 12.9. The van der Waals surface area contributed by atoms with Crippen LogP contribution < -0.4 is 0 Å². The van der Waals surface area contributed by atoms with Crippen molar-refractivity contribution in [2.45, 2.75) is 25.3 Å². The molecule has 2 aromatic carbocycles. The van der Waals surface area contributed by atoms with Gasteiger partial charge < -0.3 is 0 Å². The highest BCUT2D eigenvalue weighted by Gasteiger charge is 2.34. The topological polar surface area (TPSA) is 67.4 Å². The molecule has 0 saturated carbocycles. The molecule has 3 aromatic rings. The fourth-order valence-electron chi connectivity index (χ4n) is 2.82. The number of hydrogen-bond acceptors (Lipinski definition) is 4. The number of hydrogen-bond donors (Lipinski definition) is 0. The van der Waals surface area contributed by atoms with Gasteiger partial charge in [0.15, 0.2) is 0 Å². The summed E-state index contributed by atoms with van der Waals surface area (Å²) in [5.74, 6) is 0.748. The molecule has 5 nitrogen and oxygen atoms in total. The van der Waals surface area contributed by atoms with Gasteiger partial charge in [-0.25, -0.2) is 4.68 Å². The summed E-state index contributed by atoms with van der Waals surface area (Å²) in [6.07, 6.45) is 0.601. The lowest BCUT2D eigenvalue weighted by Gasteiger charge is -2.28. The molecule has 0 N–H and O–H groups in total. The van der Waals surface area contributed by atoms with Crippen LogP contribution in [-0.4, -0.2) is 20.2 Å². The van der Waals surface area contributed by atoms with E-state index in [0.717, 1.165) is 17.0 Å². The van der Waals surface area contributed by atoms with Crippen LogP contribution in [0.4, 0.5) is 0 Å². The van der Waals surface area contributed by atoms with Gasteiger partial charge >= 0.3 is 0 Å². The molecule has 0 aliphatic rings. The van der Waals surface area contributed by atoms with Crippen LogP contribution in [0.5, 0.6) is 0 Å². The molecule has 5 heteroatoms. The Kier molecular flexibility index (Phi) is 4.15. The Balaban J connectivity index is 2.03. The molecule has 0 radical (unpaired) electrons. The second kappa shape index (κ2) is 6.41. The van der Waals surface area contributed by atoms with Gasteiger partial charge in [0.25, 0.3) is 0 Å². The number of rotatable bonds is 5. The lowest BCUT2D eigenvalue weighted by atomic mass is 9.73. The largest absolute Gasteiger partial charge is 0.230 e. The van der Waals surface area contributed by atoms with Crippen molar-refractivity contribution in [1.29, 1.82) is 5.26 Å². The number of nitrogens with zero attached hydrogens (tertiary/aromatic N) is 5. The summed E-state index contributed by atoms with van der Waals surface area (Å²) < 4.78 is 1.73. The Morgan fingerprint density at radius 1 is 1.00 bits per heavy atom. The predicted octanol–water partition coefficient (Wildman–Crippen LogP) is 2.88. The van der Waals surface area contributed by atoms with Gasteiger partial charge in [0.1, 0.15) is 11.2 Å². The van der Waals surface area contributed by atoms with Crippen LogP contribution in [0, 0.1) is 18.3 Å². The number of aromatic nitrogens is 4. The maximum Gasteiger partial charge on any atom is 0.148 e. The van der Waals surface area contributed by atoms with Crippen molar-refractivity contribution < 1.29 is 0 Å². The second-order valence-corrected chi connectivity index (χ2v) is 5.45. The highest BCUT2D eigenvalue weighted by Crippen LogP contribution is 2.35. The molecule has 114 valence electrons. The average Bonchev–Trinajstić information content (AvgIpc) is 3.03. The molecule has 0 saturated heterocycles. The monoisotopic (exact) mass is 303 g/mol. The van der Waals surface area contributed by atoms with Crippen molar-refractivity contribution in [2.24, 2.45) is 0 Å². The zero-order chi connectivity index (χ0) is 16.1. The Morgan fingerprint density at radius 2 is 1.57 bits per heavy atom. The molecule has 3 rings (SSSR count). The molecule has 0 spiro atoms. The molecular weight excluding hydrogens is 286 g/mol. The fraction of sp³-hybridized carbons (Fsp3) is 0.222. The first-order valence-electron chi connectivity index (χ1n) is 7.51. The van der Waals surface area contributed by atoms with Crippen LogP contribution in [0.15, 0.2) is 60.7 Å². The molecule has 0 amide bonds. The first-order valence-corrected chi connectivity index (χ1v) is 7.51. The summed E-state index contributed by atoms with van der Waals surface area (Å²) in [4.78, 5) is 0. The van der Waals surface area contributed by atoms with E-state index < -0.39 is 5.41 Å². The van der Waals surface area contributed by atoms with Crippen molar-refractivity contribution in [3.8, 4) is 6.07 Å². The van der Waals surface area contributed by atoms with E-state index in [1.807, 2.05) is 67.6 Å². The van der Waals surface area contributed by atoms with Crippen molar-refractivity contribution in [1.82, 2.24) is 20.2 Å². The lowest BCUT2D eigenvalue weighted by molar-refractivity contribution is 0.475. The highest BCUT2D eigenvalue weighted by molar-refractivity contribution is 5.45. The van der Waals surface area contributed by atoms with Gasteiger partial charge in [0.05, 0.1) is 6.07 Å². The Labute approximate surface area is 135 Å². The van der Waals surface area contributed by atoms with Gasteiger partial charge in [-0.15, -0.1) is 5.10 Å². The summed E-state index contributed by atoms with van der Waals surface area (Å²) in [7, 11) is 0. The summed E-state index contributed by atoms with van der Waals surface area (Å²) in [5, 5.41) is 21.6. The van der Waals surface area contributed by atoms with Gasteiger partial charge in [-0.3, -0.25) is 0 Å². The van der Waals surface area contributed by atoms with E-state index in [1.165, 1.54) is 0 Å². The van der Waals surface area contributed by atoms with Crippen LogP contribution in [-0.2, 0) is 12.0 Å². The van der Waals surface area contributed by atoms with E-state index in [0.29, 0.717) is 13.0 Å². The highest BCUT2D eigenvalue weighted by atomic mass is 15.5. The van der Waals surface area contributed by atoms with Crippen molar-refractivity contribution in [2.75, 3.05) is 0 Å². The van der Waals surface area contributed by atoms with E-state index >= 15 is 0 Å². The smallest absolute Gasteiger partial charge is 0.148 e. The number of aryl methyl sites for hydroxylation is 2. The Bertz CT molecular complexity index is 763. The van der Waals surface area contributed by atoms with Crippen molar-refractivity contribution >= 4 is 0 Å². The van der Waals surface area contributed by atoms with Crippen molar-refractivity contribution in [3.05, 3.63) is 77.6 Å². The minimum absolute atomic E-state index is 0.580. The van der Waals surface area contributed by atoms with Crippen LogP contribution >= 0.6 is 0 Å². The SMILES string of the molecule is Cc1nnnn1CCC(C#N)(c1ccccc1)c1ccccc1. The first-order chi connectivity index (χ1) is 11.3. The molecule has 0 aliphatic heterocycles. The summed E-state index contributed by atoms with van der Waals surface area (Å²) in [5.41, 5.74) is 1.25. The van der Waals surface area contributed by atoms with E-state index in [9.17, 15) is 5.26 Å². The maximum atomic E-state index is 10.1.